The Morgan fingerprint density at radius 3 is 1.50 bits per heavy atom. The van der Waals surface area contributed by atoms with E-state index in [2.05, 4.69) is 70.6 Å². The number of rotatable bonds is 0. The molecule has 0 atom stereocenters. The number of nitriles is 2. The van der Waals surface area contributed by atoms with Crippen LogP contribution in [0.2, 0.25) is 0 Å². The highest BCUT2D eigenvalue weighted by atomic mass is 15.0. The zero-order valence-electron chi connectivity index (χ0n) is 17.5. The predicted molar refractivity (Wildman–Crippen MR) is 130 cm³/mol. The van der Waals surface area contributed by atoms with Gasteiger partial charge in [0, 0.05) is 16.5 Å². The van der Waals surface area contributed by atoms with Crippen molar-refractivity contribution in [2.45, 2.75) is 0 Å². The summed E-state index contributed by atoms with van der Waals surface area (Å²) in [6.45, 7) is 0. The summed E-state index contributed by atoms with van der Waals surface area (Å²) >= 11 is 0. The molecule has 0 unspecified atom stereocenters. The molecule has 0 spiro atoms. The van der Waals surface area contributed by atoms with Gasteiger partial charge in [-0.25, -0.2) is 19.9 Å². The number of fused-ring (bicyclic) bond motifs is 6. The Balaban J connectivity index is 1.56. The average Bonchev–Trinajstić information content (AvgIpc) is 3.20. The molecule has 2 aromatic heterocycles. The molecule has 152 valence electrons. The van der Waals surface area contributed by atoms with Crippen molar-refractivity contribution in [1.82, 2.24) is 19.9 Å². The maximum absolute atomic E-state index is 9.35. The summed E-state index contributed by atoms with van der Waals surface area (Å²) in [6, 6.07) is 25.3. The first kappa shape index (κ1) is 17.4. The van der Waals surface area contributed by atoms with Crippen LogP contribution in [0.5, 0.6) is 0 Å². The molecule has 34 heavy (non-hydrogen) atoms. The topological polar surface area (TPSA) is 99.1 Å². The van der Waals surface area contributed by atoms with Crippen molar-refractivity contribution in [3.05, 3.63) is 72.1 Å². The summed E-state index contributed by atoms with van der Waals surface area (Å²) in [5, 5.41) is 28.4. The van der Waals surface area contributed by atoms with Crippen LogP contribution in [0.25, 0.3) is 76.9 Å². The Hall–Kier alpha value is -5.20. The molecule has 5 aromatic carbocycles. The molecule has 1 aliphatic rings. The van der Waals surface area contributed by atoms with Gasteiger partial charge in [-0.2, -0.15) is 10.5 Å². The second kappa shape index (κ2) is 5.78. The molecule has 0 amide bonds. The predicted octanol–water partition coefficient (Wildman–Crippen LogP) is 5.86. The molecule has 7 aromatic rings. The van der Waals surface area contributed by atoms with E-state index in [0.29, 0.717) is 0 Å². The zero-order chi connectivity index (χ0) is 22.6. The maximum Gasteiger partial charge on any atom is 0.199 e. The molecule has 1 aliphatic carbocycles. The molecular formula is C28H10N6. The third kappa shape index (κ3) is 1.90. The molecule has 6 heteroatoms. The van der Waals surface area contributed by atoms with Gasteiger partial charge in [-0.1, -0.05) is 60.7 Å². The third-order valence-electron chi connectivity index (χ3n) is 6.89. The van der Waals surface area contributed by atoms with Crippen LogP contribution >= 0.6 is 0 Å². The fourth-order valence-corrected chi connectivity index (χ4v) is 5.55. The van der Waals surface area contributed by atoms with Crippen molar-refractivity contribution in [1.29, 1.82) is 10.5 Å². The van der Waals surface area contributed by atoms with E-state index in [9.17, 15) is 10.5 Å². The summed E-state index contributed by atoms with van der Waals surface area (Å²) in [5.74, 6) is 0. The van der Waals surface area contributed by atoms with Gasteiger partial charge in [0.1, 0.15) is 12.1 Å². The van der Waals surface area contributed by atoms with E-state index in [1.165, 1.54) is 37.7 Å². The minimum atomic E-state index is -0.0401. The van der Waals surface area contributed by atoms with E-state index in [1.807, 2.05) is 12.1 Å². The van der Waals surface area contributed by atoms with Gasteiger partial charge in [0.25, 0.3) is 0 Å². The molecule has 0 aliphatic heterocycles. The Labute approximate surface area is 191 Å². The summed E-state index contributed by atoms with van der Waals surface area (Å²) in [6.07, 6.45) is 0. The molecule has 0 N–H and O–H groups in total. The fourth-order valence-electron chi connectivity index (χ4n) is 5.55. The minimum absolute atomic E-state index is 0.0401. The zero-order valence-corrected chi connectivity index (χ0v) is 17.5. The SMILES string of the molecule is N#Cc1nc2nc3c(nc2nc1C#N)-c1ccc2c4cccc5cccc(c6ccc-3c1c62)c54. The number of benzene rings is 5. The molecule has 0 radical (unpaired) electrons. The van der Waals surface area contributed by atoms with Crippen molar-refractivity contribution in [3.63, 3.8) is 0 Å². The molecule has 0 saturated carbocycles. The van der Waals surface area contributed by atoms with Gasteiger partial charge in [0.2, 0.25) is 0 Å². The lowest BCUT2D eigenvalue weighted by Gasteiger charge is -2.15. The molecule has 0 fully saturated rings. The van der Waals surface area contributed by atoms with E-state index in [1.54, 1.807) is 0 Å². The first-order valence-electron chi connectivity index (χ1n) is 10.8. The molecule has 6 nitrogen and oxygen atoms in total. The van der Waals surface area contributed by atoms with Crippen LogP contribution in [0.3, 0.4) is 0 Å². The lowest BCUT2D eigenvalue weighted by atomic mass is 9.88. The van der Waals surface area contributed by atoms with Crippen LogP contribution in [0.4, 0.5) is 0 Å². The number of hydrogen-bond donors (Lipinski definition) is 0. The van der Waals surface area contributed by atoms with Crippen LogP contribution in [-0.4, -0.2) is 19.9 Å². The van der Waals surface area contributed by atoms with Crippen LogP contribution < -0.4 is 0 Å². The molecule has 2 heterocycles. The Kier molecular flexibility index (Phi) is 2.95. The highest BCUT2D eigenvalue weighted by molar-refractivity contribution is 6.36. The summed E-state index contributed by atoms with van der Waals surface area (Å²) in [4.78, 5) is 18.1. The summed E-state index contributed by atoms with van der Waals surface area (Å²) < 4.78 is 0. The molecule has 0 bridgehead atoms. The highest BCUT2D eigenvalue weighted by Crippen LogP contribution is 2.51. The van der Waals surface area contributed by atoms with Crippen molar-refractivity contribution in [3.8, 4) is 34.7 Å². The third-order valence-corrected chi connectivity index (χ3v) is 6.89. The normalized spacial score (nSPS) is 12.1. The van der Waals surface area contributed by atoms with Crippen LogP contribution in [0.1, 0.15) is 11.4 Å². The lowest BCUT2D eigenvalue weighted by molar-refractivity contribution is 1.12. The Bertz CT molecular complexity index is 2000. The van der Waals surface area contributed by atoms with Gasteiger partial charge in [0.05, 0.1) is 11.4 Å². The van der Waals surface area contributed by atoms with E-state index in [0.717, 1.165) is 27.9 Å². The molecule has 8 rings (SSSR count). The molecule has 0 saturated heterocycles. The van der Waals surface area contributed by atoms with Crippen LogP contribution in [0, 0.1) is 22.7 Å². The van der Waals surface area contributed by atoms with Crippen LogP contribution in [0.15, 0.2) is 60.7 Å². The quantitative estimate of drug-likeness (QED) is 0.221. The Morgan fingerprint density at radius 1 is 0.500 bits per heavy atom. The van der Waals surface area contributed by atoms with Crippen LogP contribution in [-0.2, 0) is 0 Å². The number of aromatic nitrogens is 4. The number of nitrogens with zero attached hydrogens (tertiary/aromatic N) is 6. The largest absolute Gasteiger partial charge is 0.223 e. The van der Waals surface area contributed by atoms with Crippen molar-refractivity contribution >= 4 is 54.4 Å². The smallest absolute Gasteiger partial charge is 0.199 e. The van der Waals surface area contributed by atoms with Gasteiger partial charge in [0.15, 0.2) is 22.7 Å². The van der Waals surface area contributed by atoms with E-state index >= 15 is 0 Å². The summed E-state index contributed by atoms with van der Waals surface area (Å²) in [7, 11) is 0. The fraction of sp³-hybridized carbons (Fsp3) is 0. The van der Waals surface area contributed by atoms with Crippen molar-refractivity contribution in [2.75, 3.05) is 0 Å². The van der Waals surface area contributed by atoms with E-state index in [4.69, 9.17) is 9.97 Å². The number of hydrogen-bond acceptors (Lipinski definition) is 6. The maximum atomic E-state index is 9.35. The first-order chi connectivity index (χ1) is 16.8. The molecular weight excluding hydrogens is 420 g/mol. The second-order valence-corrected chi connectivity index (χ2v) is 8.49. The minimum Gasteiger partial charge on any atom is -0.223 e. The van der Waals surface area contributed by atoms with Gasteiger partial charge in [-0.15, -0.1) is 0 Å². The second-order valence-electron chi connectivity index (χ2n) is 8.49. The summed E-state index contributed by atoms with van der Waals surface area (Å²) in [5.41, 5.74) is 3.90. The first-order valence-corrected chi connectivity index (χ1v) is 10.8. The van der Waals surface area contributed by atoms with Crippen molar-refractivity contribution < 1.29 is 0 Å². The van der Waals surface area contributed by atoms with E-state index in [-0.39, 0.29) is 22.7 Å². The standard InChI is InChI=1S/C28H10N6/c29-11-20-21(12-30)32-28-27(31-20)33-25-18-9-7-16-14-5-1-3-13-4-2-6-15(22(13)14)17-8-10-19(26(25)34-28)24(18)23(16)17/h1-10H. The highest BCUT2D eigenvalue weighted by Gasteiger charge is 2.28. The van der Waals surface area contributed by atoms with Gasteiger partial charge >= 0.3 is 0 Å². The van der Waals surface area contributed by atoms with Gasteiger partial charge in [-0.3, -0.25) is 0 Å². The lowest BCUT2D eigenvalue weighted by Crippen LogP contribution is -2.01. The monoisotopic (exact) mass is 430 g/mol. The van der Waals surface area contributed by atoms with Crippen molar-refractivity contribution in [2.24, 2.45) is 0 Å². The van der Waals surface area contributed by atoms with Gasteiger partial charge < -0.3 is 0 Å². The van der Waals surface area contributed by atoms with E-state index < -0.39 is 0 Å². The Morgan fingerprint density at radius 2 is 1.00 bits per heavy atom. The van der Waals surface area contributed by atoms with Gasteiger partial charge in [-0.05, 0) is 37.7 Å². The average molecular weight is 430 g/mol.